The third kappa shape index (κ3) is 3.79. The molecule has 136 valence electrons. The minimum absolute atomic E-state index is 0.0977. The first-order valence-corrected chi connectivity index (χ1v) is 8.62. The number of nitrogens with zero attached hydrogens (tertiary/aromatic N) is 1. The number of primary amides is 1. The Morgan fingerprint density at radius 1 is 1.12 bits per heavy atom. The molecule has 1 heterocycles. The molecule has 3 rings (SSSR count). The quantitative estimate of drug-likeness (QED) is 0.827. The maximum atomic E-state index is 13.2. The molecule has 2 amide bonds. The summed E-state index contributed by atoms with van der Waals surface area (Å²) in [5, 5.41) is 0. The normalized spacial score (nSPS) is 13.3. The molecule has 1 aliphatic heterocycles. The van der Waals surface area contributed by atoms with Gasteiger partial charge in [-0.05, 0) is 31.0 Å². The van der Waals surface area contributed by atoms with Crippen molar-refractivity contribution in [2.45, 2.75) is 25.8 Å². The first-order chi connectivity index (χ1) is 12.6. The van der Waals surface area contributed by atoms with Crippen LogP contribution in [0.1, 0.15) is 29.3 Å². The fourth-order valence-corrected chi connectivity index (χ4v) is 3.23. The molecule has 1 aliphatic rings. The molecule has 26 heavy (non-hydrogen) atoms. The van der Waals surface area contributed by atoms with E-state index in [4.69, 9.17) is 15.2 Å². The summed E-state index contributed by atoms with van der Waals surface area (Å²) in [5.41, 5.74) is 6.93. The predicted octanol–water partition coefficient (Wildman–Crippen LogP) is 2.36. The van der Waals surface area contributed by atoms with Gasteiger partial charge in [0.2, 0.25) is 12.7 Å². The Kier molecular flexibility index (Phi) is 5.41. The lowest BCUT2D eigenvalue weighted by Crippen LogP contribution is -2.43. The van der Waals surface area contributed by atoms with Crippen LogP contribution in [-0.2, 0) is 11.2 Å². The van der Waals surface area contributed by atoms with Crippen molar-refractivity contribution in [1.29, 1.82) is 0 Å². The molecule has 0 saturated heterocycles. The summed E-state index contributed by atoms with van der Waals surface area (Å²) in [6.07, 6.45) is 0.649. The van der Waals surface area contributed by atoms with Crippen LogP contribution < -0.4 is 15.2 Å². The van der Waals surface area contributed by atoms with Crippen molar-refractivity contribution >= 4 is 11.8 Å². The second-order valence-corrected chi connectivity index (χ2v) is 6.14. The largest absolute Gasteiger partial charge is 0.454 e. The minimum atomic E-state index is -0.435. The second kappa shape index (κ2) is 7.91. The van der Waals surface area contributed by atoms with Gasteiger partial charge in [-0.15, -0.1) is 0 Å². The highest BCUT2D eigenvalue weighted by Crippen LogP contribution is 2.36. The molecule has 0 aliphatic carbocycles. The van der Waals surface area contributed by atoms with Gasteiger partial charge in [0.1, 0.15) is 0 Å². The zero-order valence-corrected chi connectivity index (χ0v) is 14.7. The molecular formula is C20H22N2O4. The zero-order chi connectivity index (χ0) is 18.5. The van der Waals surface area contributed by atoms with Crippen LogP contribution in [0.5, 0.6) is 11.5 Å². The second-order valence-electron chi connectivity index (χ2n) is 6.14. The number of carbonyl (C=O) groups excluding carboxylic acids is 2. The average molecular weight is 354 g/mol. The van der Waals surface area contributed by atoms with Crippen molar-refractivity contribution in [2.24, 2.45) is 5.73 Å². The topological polar surface area (TPSA) is 81.9 Å². The molecule has 0 spiro atoms. The highest BCUT2D eigenvalue weighted by Gasteiger charge is 2.29. The monoisotopic (exact) mass is 354 g/mol. The van der Waals surface area contributed by atoms with Crippen LogP contribution in [-0.4, -0.2) is 36.1 Å². The van der Waals surface area contributed by atoms with Crippen molar-refractivity contribution in [3.63, 3.8) is 0 Å². The summed E-state index contributed by atoms with van der Waals surface area (Å²) in [6, 6.07) is 14.7. The zero-order valence-electron chi connectivity index (χ0n) is 14.7. The van der Waals surface area contributed by atoms with Crippen LogP contribution >= 0.6 is 0 Å². The SMILES string of the molecule is CCN(C(=O)c1cccc2c1OCO2)[C@H](CC(N)=O)Cc1ccccc1. The van der Waals surface area contributed by atoms with Gasteiger partial charge in [0.25, 0.3) is 5.91 Å². The fraction of sp³-hybridized carbons (Fsp3) is 0.300. The van der Waals surface area contributed by atoms with Crippen molar-refractivity contribution in [1.82, 2.24) is 4.90 Å². The van der Waals surface area contributed by atoms with Gasteiger partial charge in [-0.1, -0.05) is 36.4 Å². The standard InChI is InChI=1S/C20H22N2O4/c1-2-22(15(12-18(21)23)11-14-7-4-3-5-8-14)20(24)16-9-6-10-17-19(16)26-13-25-17/h3-10,15H,2,11-13H2,1H3,(H2,21,23)/t15-/m0/s1. The Labute approximate surface area is 152 Å². The number of benzene rings is 2. The number of fused-ring (bicyclic) bond motifs is 1. The molecule has 0 radical (unpaired) electrons. The maximum absolute atomic E-state index is 13.2. The van der Waals surface area contributed by atoms with Crippen molar-refractivity contribution < 1.29 is 19.1 Å². The minimum Gasteiger partial charge on any atom is -0.454 e. The molecular weight excluding hydrogens is 332 g/mol. The summed E-state index contributed by atoms with van der Waals surface area (Å²) in [6.45, 7) is 2.44. The van der Waals surface area contributed by atoms with Gasteiger partial charge in [-0.2, -0.15) is 0 Å². The van der Waals surface area contributed by atoms with Crippen molar-refractivity contribution in [2.75, 3.05) is 13.3 Å². The summed E-state index contributed by atoms with van der Waals surface area (Å²) >= 11 is 0. The first kappa shape index (κ1) is 17.8. The van der Waals surface area contributed by atoms with Crippen LogP contribution in [0.25, 0.3) is 0 Å². The number of likely N-dealkylation sites (N-methyl/N-ethyl adjacent to an activating group) is 1. The number of ether oxygens (including phenoxy) is 2. The van der Waals surface area contributed by atoms with E-state index in [-0.39, 0.29) is 25.2 Å². The van der Waals surface area contributed by atoms with E-state index in [9.17, 15) is 9.59 Å². The smallest absolute Gasteiger partial charge is 0.258 e. The van der Waals surface area contributed by atoms with E-state index in [1.807, 2.05) is 37.3 Å². The van der Waals surface area contributed by atoms with Gasteiger partial charge in [-0.25, -0.2) is 0 Å². The van der Waals surface area contributed by atoms with E-state index in [1.165, 1.54) is 0 Å². The van der Waals surface area contributed by atoms with Crippen molar-refractivity contribution in [3.8, 4) is 11.5 Å². The highest BCUT2D eigenvalue weighted by atomic mass is 16.7. The number of para-hydroxylation sites is 1. The van der Waals surface area contributed by atoms with Gasteiger partial charge in [0.05, 0.1) is 5.56 Å². The van der Waals surface area contributed by atoms with Crippen molar-refractivity contribution in [3.05, 3.63) is 59.7 Å². The Bertz CT molecular complexity index is 792. The molecule has 0 bridgehead atoms. The van der Waals surface area contributed by atoms with Crippen LogP contribution in [0.2, 0.25) is 0 Å². The van der Waals surface area contributed by atoms with Gasteiger partial charge in [-0.3, -0.25) is 9.59 Å². The molecule has 2 aromatic rings. The van der Waals surface area contributed by atoms with E-state index in [1.54, 1.807) is 23.1 Å². The molecule has 0 unspecified atom stereocenters. The fourth-order valence-electron chi connectivity index (χ4n) is 3.23. The number of hydrogen-bond donors (Lipinski definition) is 1. The Hall–Kier alpha value is -3.02. The highest BCUT2D eigenvalue weighted by molar-refractivity contribution is 5.98. The van der Waals surface area contributed by atoms with E-state index < -0.39 is 5.91 Å². The summed E-state index contributed by atoms with van der Waals surface area (Å²) in [5.74, 6) is 0.377. The number of amides is 2. The van der Waals surface area contributed by atoms with Crippen LogP contribution in [0.4, 0.5) is 0 Å². The molecule has 1 atom stereocenters. The van der Waals surface area contributed by atoms with E-state index >= 15 is 0 Å². The molecule has 0 fully saturated rings. The third-order valence-electron chi connectivity index (χ3n) is 4.42. The predicted molar refractivity (Wildman–Crippen MR) is 97.0 cm³/mol. The number of hydrogen-bond acceptors (Lipinski definition) is 4. The van der Waals surface area contributed by atoms with E-state index in [0.29, 0.717) is 30.0 Å². The van der Waals surface area contributed by atoms with Gasteiger partial charge >= 0.3 is 0 Å². The van der Waals surface area contributed by atoms with Gasteiger partial charge < -0.3 is 20.1 Å². The Morgan fingerprint density at radius 3 is 2.58 bits per heavy atom. The van der Waals surface area contributed by atoms with Crippen LogP contribution in [0.3, 0.4) is 0 Å². The van der Waals surface area contributed by atoms with Gasteiger partial charge in [0.15, 0.2) is 11.5 Å². The Morgan fingerprint density at radius 2 is 1.88 bits per heavy atom. The summed E-state index contributed by atoms with van der Waals surface area (Å²) in [7, 11) is 0. The lowest BCUT2D eigenvalue weighted by Gasteiger charge is -2.30. The lowest BCUT2D eigenvalue weighted by atomic mass is 10.00. The third-order valence-corrected chi connectivity index (χ3v) is 4.42. The summed E-state index contributed by atoms with van der Waals surface area (Å²) in [4.78, 5) is 26.5. The number of carbonyl (C=O) groups is 2. The molecule has 2 aromatic carbocycles. The molecule has 2 N–H and O–H groups in total. The molecule has 6 nitrogen and oxygen atoms in total. The lowest BCUT2D eigenvalue weighted by molar-refractivity contribution is -0.119. The van der Waals surface area contributed by atoms with E-state index in [2.05, 4.69) is 0 Å². The number of nitrogens with two attached hydrogens (primary N) is 1. The maximum Gasteiger partial charge on any atom is 0.258 e. The first-order valence-electron chi connectivity index (χ1n) is 8.62. The molecule has 0 saturated carbocycles. The van der Waals surface area contributed by atoms with Crippen LogP contribution in [0, 0.1) is 0 Å². The van der Waals surface area contributed by atoms with Gasteiger partial charge in [0, 0.05) is 19.0 Å². The molecule has 6 heteroatoms. The Balaban J connectivity index is 1.89. The van der Waals surface area contributed by atoms with E-state index in [0.717, 1.165) is 5.56 Å². The average Bonchev–Trinajstić information content (AvgIpc) is 3.11. The van der Waals surface area contributed by atoms with Crippen LogP contribution in [0.15, 0.2) is 48.5 Å². The number of rotatable bonds is 7. The molecule has 0 aromatic heterocycles. The summed E-state index contributed by atoms with van der Waals surface area (Å²) < 4.78 is 10.8.